The second-order valence-electron chi connectivity index (χ2n) is 5.98. The lowest BCUT2D eigenvalue weighted by Crippen LogP contribution is -2.50. The maximum atomic E-state index is 12.9. The molecule has 3 aromatic rings. The third kappa shape index (κ3) is 2.44. The summed E-state index contributed by atoms with van der Waals surface area (Å²) in [4.78, 5) is 21.3. The maximum absolute atomic E-state index is 12.9. The minimum Gasteiger partial charge on any atom is -0.381 e. The van der Waals surface area contributed by atoms with Crippen molar-refractivity contribution in [1.82, 2.24) is 24.8 Å². The summed E-state index contributed by atoms with van der Waals surface area (Å²) in [5.41, 5.74) is 1.57. The average molecular weight is 327 g/mol. The molecule has 1 saturated heterocycles. The van der Waals surface area contributed by atoms with Crippen LogP contribution in [-0.2, 0) is 10.3 Å². The van der Waals surface area contributed by atoms with Gasteiger partial charge in [-0.05, 0) is 18.6 Å². The molecule has 0 aromatic carbocycles. The summed E-state index contributed by atoms with van der Waals surface area (Å²) in [5.74, 6) is 0.254. The smallest absolute Gasteiger partial charge is 0.270 e. The van der Waals surface area contributed by atoms with Crippen LogP contribution in [-0.4, -0.2) is 38.6 Å². The molecule has 4 rings (SSSR count). The molecule has 0 unspecified atom stereocenters. The molecule has 0 aliphatic carbocycles. The molecule has 0 atom stereocenters. The van der Waals surface area contributed by atoms with Gasteiger partial charge in [0.15, 0.2) is 5.82 Å². The Balaban J connectivity index is 1.69. The summed E-state index contributed by atoms with van der Waals surface area (Å²) in [6.45, 7) is 3.03. The van der Waals surface area contributed by atoms with Crippen LogP contribution in [0.15, 0.2) is 35.4 Å². The van der Waals surface area contributed by atoms with E-state index in [0.717, 1.165) is 11.2 Å². The first-order chi connectivity index (χ1) is 11.7. The summed E-state index contributed by atoms with van der Waals surface area (Å²) >= 11 is 0. The SMILES string of the molecule is Cc1ccc2ncc(C(=O)NC3(c4ncon4)CCOCC3)n2c1. The van der Waals surface area contributed by atoms with Crippen LogP contribution in [0.2, 0.25) is 0 Å². The average Bonchev–Trinajstić information content (AvgIpc) is 3.25. The minimum atomic E-state index is -0.684. The van der Waals surface area contributed by atoms with Gasteiger partial charge in [0, 0.05) is 32.3 Å². The molecule has 24 heavy (non-hydrogen) atoms. The third-order valence-corrected chi connectivity index (χ3v) is 4.37. The molecule has 1 aliphatic rings. The van der Waals surface area contributed by atoms with Crippen molar-refractivity contribution in [3.8, 4) is 0 Å². The van der Waals surface area contributed by atoms with E-state index < -0.39 is 5.54 Å². The van der Waals surface area contributed by atoms with E-state index >= 15 is 0 Å². The Bertz CT molecular complexity index is 865. The molecule has 3 aromatic heterocycles. The Kier molecular flexibility index (Phi) is 3.53. The fourth-order valence-corrected chi connectivity index (χ4v) is 3.04. The molecule has 1 N–H and O–H groups in total. The normalized spacial score (nSPS) is 17.0. The number of imidazole rings is 1. The van der Waals surface area contributed by atoms with Gasteiger partial charge >= 0.3 is 0 Å². The van der Waals surface area contributed by atoms with Crippen LogP contribution < -0.4 is 5.32 Å². The molecule has 124 valence electrons. The van der Waals surface area contributed by atoms with Crippen molar-refractivity contribution in [2.45, 2.75) is 25.3 Å². The van der Waals surface area contributed by atoms with E-state index in [4.69, 9.17) is 9.26 Å². The van der Waals surface area contributed by atoms with Crippen LogP contribution in [0.25, 0.3) is 5.65 Å². The molecular formula is C16H17N5O3. The molecule has 8 heteroatoms. The monoisotopic (exact) mass is 327 g/mol. The number of pyridine rings is 1. The largest absolute Gasteiger partial charge is 0.381 e. The van der Waals surface area contributed by atoms with E-state index in [9.17, 15) is 4.79 Å². The van der Waals surface area contributed by atoms with Crippen LogP contribution in [0.1, 0.15) is 34.7 Å². The van der Waals surface area contributed by atoms with Gasteiger partial charge in [-0.3, -0.25) is 9.20 Å². The van der Waals surface area contributed by atoms with Crippen molar-refractivity contribution in [2.24, 2.45) is 0 Å². The summed E-state index contributed by atoms with van der Waals surface area (Å²) in [6.07, 6.45) is 5.92. The van der Waals surface area contributed by atoms with Gasteiger partial charge in [0.25, 0.3) is 5.91 Å². The van der Waals surface area contributed by atoms with Gasteiger partial charge in [0.05, 0.1) is 6.20 Å². The van der Waals surface area contributed by atoms with Gasteiger partial charge in [0.2, 0.25) is 6.39 Å². The van der Waals surface area contributed by atoms with Crippen LogP contribution in [0.3, 0.4) is 0 Å². The summed E-state index contributed by atoms with van der Waals surface area (Å²) in [7, 11) is 0. The van der Waals surface area contributed by atoms with Gasteiger partial charge < -0.3 is 14.6 Å². The predicted molar refractivity (Wildman–Crippen MR) is 83.4 cm³/mol. The first-order valence-electron chi connectivity index (χ1n) is 7.79. The van der Waals surface area contributed by atoms with E-state index in [1.54, 1.807) is 10.6 Å². The molecule has 1 amide bonds. The van der Waals surface area contributed by atoms with Gasteiger partial charge in [-0.1, -0.05) is 11.2 Å². The van der Waals surface area contributed by atoms with Crippen molar-refractivity contribution < 1.29 is 14.1 Å². The second-order valence-corrected chi connectivity index (χ2v) is 5.98. The quantitative estimate of drug-likeness (QED) is 0.782. The van der Waals surface area contributed by atoms with E-state index in [1.807, 2.05) is 25.3 Å². The molecule has 1 fully saturated rings. The van der Waals surface area contributed by atoms with Crippen LogP contribution >= 0.6 is 0 Å². The topological polar surface area (TPSA) is 94.6 Å². The highest BCUT2D eigenvalue weighted by atomic mass is 16.5. The molecular weight excluding hydrogens is 310 g/mol. The summed E-state index contributed by atoms with van der Waals surface area (Å²) in [6, 6.07) is 3.85. The van der Waals surface area contributed by atoms with Crippen molar-refractivity contribution in [1.29, 1.82) is 0 Å². The highest BCUT2D eigenvalue weighted by Crippen LogP contribution is 2.30. The Hall–Kier alpha value is -2.74. The number of ether oxygens (including phenoxy) is 1. The number of nitrogens with zero attached hydrogens (tertiary/aromatic N) is 4. The predicted octanol–water partition coefficient (Wildman–Crippen LogP) is 1.46. The van der Waals surface area contributed by atoms with E-state index in [2.05, 4.69) is 20.4 Å². The number of hydrogen-bond acceptors (Lipinski definition) is 6. The Morgan fingerprint density at radius 1 is 1.29 bits per heavy atom. The number of amides is 1. The van der Waals surface area contributed by atoms with Gasteiger partial charge in [0.1, 0.15) is 16.9 Å². The molecule has 0 spiro atoms. The fraction of sp³-hybridized carbons (Fsp3) is 0.375. The van der Waals surface area contributed by atoms with Crippen molar-refractivity contribution in [3.63, 3.8) is 0 Å². The lowest BCUT2D eigenvalue weighted by atomic mass is 9.89. The molecule has 4 heterocycles. The molecule has 1 aliphatic heterocycles. The van der Waals surface area contributed by atoms with Gasteiger partial charge in [-0.2, -0.15) is 4.98 Å². The van der Waals surface area contributed by atoms with E-state index in [-0.39, 0.29) is 5.91 Å². The number of hydrogen-bond donors (Lipinski definition) is 1. The fourth-order valence-electron chi connectivity index (χ4n) is 3.04. The van der Waals surface area contributed by atoms with Crippen molar-refractivity contribution >= 4 is 11.6 Å². The number of aromatic nitrogens is 4. The van der Waals surface area contributed by atoms with Crippen LogP contribution in [0.4, 0.5) is 0 Å². The first-order valence-corrected chi connectivity index (χ1v) is 7.79. The zero-order chi connectivity index (χ0) is 16.6. The van der Waals surface area contributed by atoms with Crippen LogP contribution in [0.5, 0.6) is 0 Å². The third-order valence-electron chi connectivity index (χ3n) is 4.37. The number of nitrogens with one attached hydrogen (secondary N) is 1. The Morgan fingerprint density at radius 3 is 2.88 bits per heavy atom. The zero-order valence-electron chi connectivity index (χ0n) is 13.2. The number of carbonyl (C=O) groups is 1. The first kappa shape index (κ1) is 14.8. The van der Waals surface area contributed by atoms with E-state index in [0.29, 0.717) is 37.6 Å². The van der Waals surface area contributed by atoms with Crippen LogP contribution in [0, 0.1) is 6.92 Å². The van der Waals surface area contributed by atoms with E-state index in [1.165, 1.54) is 6.39 Å². The lowest BCUT2D eigenvalue weighted by molar-refractivity contribution is 0.0304. The number of rotatable bonds is 3. The highest BCUT2D eigenvalue weighted by Gasteiger charge is 2.40. The van der Waals surface area contributed by atoms with Gasteiger partial charge in [-0.15, -0.1) is 0 Å². The number of aryl methyl sites for hydroxylation is 1. The Morgan fingerprint density at radius 2 is 2.12 bits per heavy atom. The Labute approximate surface area is 137 Å². The standard InChI is InChI=1S/C16H17N5O3/c1-11-2-3-13-17-8-12(21(13)9-11)14(22)19-16(4-6-23-7-5-16)15-18-10-24-20-15/h2-3,8-10H,4-7H2,1H3,(H,19,22). The summed E-state index contributed by atoms with van der Waals surface area (Å²) in [5, 5.41) is 7.03. The van der Waals surface area contributed by atoms with Crippen molar-refractivity contribution in [3.05, 3.63) is 48.0 Å². The second kappa shape index (κ2) is 5.72. The number of fused-ring (bicyclic) bond motifs is 1. The molecule has 0 saturated carbocycles. The van der Waals surface area contributed by atoms with Crippen molar-refractivity contribution in [2.75, 3.05) is 13.2 Å². The maximum Gasteiger partial charge on any atom is 0.270 e. The minimum absolute atomic E-state index is 0.222. The van der Waals surface area contributed by atoms with Gasteiger partial charge in [-0.25, -0.2) is 4.98 Å². The molecule has 8 nitrogen and oxygen atoms in total. The molecule has 0 bridgehead atoms. The lowest BCUT2D eigenvalue weighted by Gasteiger charge is -2.35. The molecule has 0 radical (unpaired) electrons. The summed E-state index contributed by atoms with van der Waals surface area (Å²) < 4.78 is 12.1. The highest BCUT2D eigenvalue weighted by molar-refractivity contribution is 5.93. The number of carbonyl (C=O) groups excluding carboxylic acids is 1. The zero-order valence-corrected chi connectivity index (χ0v) is 13.2.